The van der Waals surface area contributed by atoms with E-state index in [2.05, 4.69) is 19.1 Å². The third kappa shape index (κ3) is 5.03. The lowest BCUT2D eigenvalue weighted by Crippen LogP contribution is -2.48. The molecule has 9 heteroatoms. The van der Waals surface area contributed by atoms with Crippen molar-refractivity contribution in [3.05, 3.63) is 101 Å². The molecule has 2 amide bonds. The lowest BCUT2D eigenvalue weighted by molar-refractivity contribution is -0.134. The van der Waals surface area contributed by atoms with Crippen molar-refractivity contribution in [3.8, 4) is 16.9 Å². The van der Waals surface area contributed by atoms with Crippen molar-refractivity contribution in [2.45, 2.75) is 12.2 Å². The number of halogens is 1. The van der Waals surface area contributed by atoms with E-state index in [4.69, 9.17) is 21.4 Å². The molecule has 3 heterocycles. The smallest absolute Gasteiger partial charge is 0.242 e. The Morgan fingerprint density at radius 2 is 1.70 bits per heavy atom. The van der Waals surface area contributed by atoms with Gasteiger partial charge in [-0.2, -0.15) is 5.10 Å². The molecule has 1 unspecified atom stereocenters. The second-order valence-electron chi connectivity index (χ2n) is 9.84. The molecule has 0 saturated carbocycles. The number of benzene rings is 3. The number of morpholine rings is 1. The summed E-state index contributed by atoms with van der Waals surface area (Å²) in [4.78, 5) is 30.8. The molecule has 7 nitrogen and oxygen atoms in total. The van der Waals surface area contributed by atoms with E-state index >= 15 is 0 Å². The van der Waals surface area contributed by atoms with Gasteiger partial charge >= 0.3 is 0 Å². The maximum atomic E-state index is 13.9. The molecular formula is C31H29ClN4O3S. The van der Waals surface area contributed by atoms with Crippen molar-refractivity contribution < 1.29 is 14.3 Å². The minimum absolute atomic E-state index is 0.0861. The normalized spacial score (nSPS) is 17.4. The predicted octanol–water partition coefficient (Wildman–Crippen LogP) is 5.53. The molecule has 0 aliphatic carbocycles. The van der Waals surface area contributed by atoms with Crippen LogP contribution in [0.2, 0.25) is 5.02 Å². The summed E-state index contributed by atoms with van der Waals surface area (Å²) in [6, 6.07) is 25.7. The third-order valence-electron chi connectivity index (χ3n) is 7.34. The summed E-state index contributed by atoms with van der Waals surface area (Å²) in [6.45, 7) is 4.00. The first kappa shape index (κ1) is 26.6. The number of hydrogen-bond donors (Lipinski definition) is 0. The predicted molar refractivity (Wildman–Crippen MR) is 159 cm³/mol. The summed E-state index contributed by atoms with van der Waals surface area (Å²) in [5.41, 5.74) is 5.47. The van der Waals surface area contributed by atoms with E-state index in [1.54, 1.807) is 26.2 Å². The van der Waals surface area contributed by atoms with E-state index in [9.17, 15) is 9.59 Å². The van der Waals surface area contributed by atoms with Crippen LogP contribution < -0.4 is 4.90 Å². The molecule has 6 rings (SSSR count). The summed E-state index contributed by atoms with van der Waals surface area (Å²) >= 11 is 8.30. The first-order valence-electron chi connectivity index (χ1n) is 13.3. The van der Waals surface area contributed by atoms with Crippen LogP contribution in [-0.2, 0) is 14.3 Å². The zero-order chi connectivity index (χ0) is 27.6. The molecular weight excluding hydrogens is 544 g/mol. The van der Waals surface area contributed by atoms with Crippen molar-refractivity contribution in [2.24, 2.45) is 0 Å². The van der Waals surface area contributed by atoms with Gasteiger partial charge in [0.2, 0.25) is 11.8 Å². The molecule has 0 radical (unpaired) electrons. The van der Waals surface area contributed by atoms with Crippen LogP contribution in [0.25, 0.3) is 16.9 Å². The van der Waals surface area contributed by atoms with E-state index < -0.39 is 0 Å². The fraction of sp³-hybridized carbons (Fsp3) is 0.258. The van der Waals surface area contributed by atoms with Crippen molar-refractivity contribution in [1.82, 2.24) is 14.7 Å². The van der Waals surface area contributed by atoms with Gasteiger partial charge in [0, 0.05) is 24.2 Å². The molecule has 0 N–H and O–H groups in total. The van der Waals surface area contributed by atoms with Crippen LogP contribution in [0.5, 0.6) is 0 Å². The molecule has 204 valence electrons. The minimum atomic E-state index is -0.185. The Morgan fingerprint density at radius 1 is 1.00 bits per heavy atom. The first-order chi connectivity index (χ1) is 19.5. The number of para-hydroxylation sites is 1. The molecule has 3 aromatic carbocycles. The van der Waals surface area contributed by atoms with Crippen LogP contribution >= 0.6 is 23.4 Å². The van der Waals surface area contributed by atoms with Gasteiger partial charge < -0.3 is 9.64 Å². The molecule has 1 fully saturated rings. The maximum Gasteiger partial charge on any atom is 0.242 e. The number of nitrogens with zero attached hydrogens (tertiary/aromatic N) is 4. The summed E-state index contributed by atoms with van der Waals surface area (Å²) in [5, 5.41) is 5.44. The Kier molecular flexibility index (Phi) is 7.65. The van der Waals surface area contributed by atoms with Gasteiger partial charge in [-0.3, -0.25) is 14.5 Å². The first-order valence-corrected chi connectivity index (χ1v) is 14.7. The van der Waals surface area contributed by atoms with Crippen LogP contribution in [0.1, 0.15) is 21.9 Å². The molecule has 0 spiro atoms. The van der Waals surface area contributed by atoms with E-state index in [1.165, 1.54) is 0 Å². The van der Waals surface area contributed by atoms with E-state index in [1.807, 2.05) is 66.7 Å². The Hall–Kier alpha value is -3.59. The Balaban J connectivity index is 1.61. The van der Waals surface area contributed by atoms with E-state index in [0.717, 1.165) is 27.9 Å². The van der Waals surface area contributed by atoms with Crippen molar-refractivity contribution in [1.29, 1.82) is 0 Å². The topological polar surface area (TPSA) is 67.7 Å². The number of amides is 2. The summed E-state index contributed by atoms with van der Waals surface area (Å²) in [5.74, 6) is 0.546. The van der Waals surface area contributed by atoms with Crippen LogP contribution in [-0.4, -0.2) is 65.1 Å². The molecule has 2 aliphatic heterocycles. The Morgan fingerprint density at radius 3 is 2.45 bits per heavy atom. The number of hydrogen-bond acceptors (Lipinski definition) is 5. The lowest BCUT2D eigenvalue weighted by Gasteiger charge is -2.30. The number of fused-ring (bicyclic) bond motifs is 1. The fourth-order valence-electron chi connectivity index (χ4n) is 5.29. The number of carbonyl (C=O) groups excluding carboxylic acids is 2. The number of rotatable bonds is 5. The second-order valence-corrected chi connectivity index (χ2v) is 11.3. The number of aryl methyl sites for hydroxylation is 1. The van der Waals surface area contributed by atoms with Gasteiger partial charge in [0.25, 0.3) is 0 Å². The number of ether oxygens (including phenoxy) is 1. The molecule has 1 atom stereocenters. The maximum absolute atomic E-state index is 13.9. The lowest BCUT2D eigenvalue weighted by atomic mass is 9.97. The molecule has 4 aromatic rings. The van der Waals surface area contributed by atoms with Gasteiger partial charge in [-0.25, -0.2) is 4.68 Å². The highest BCUT2D eigenvalue weighted by molar-refractivity contribution is 8.00. The van der Waals surface area contributed by atoms with Crippen LogP contribution in [0.4, 0.5) is 5.82 Å². The third-order valence-corrected chi connectivity index (χ3v) is 8.90. The standard InChI is InChI=1S/C31H29ClN4O3S/c1-21-9-5-6-12-23(21)30-28-29(22-10-3-2-4-11-22)33-36(25-14-8-7-13-24(25)32)31(28)35(27(38)20-40-30)19-26(37)34-15-17-39-18-16-34/h2-14,30H,15-20H2,1H3. The summed E-state index contributed by atoms with van der Waals surface area (Å²) in [6.07, 6.45) is 0. The Labute approximate surface area is 242 Å². The number of carbonyl (C=O) groups is 2. The van der Waals surface area contributed by atoms with Crippen molar-refractivity contribution in [3.63, 3.8) is 0 Å². The number of aromatic nitrogens is 2. The second kappa shape index (κ2) is 11.5. The minimum Gasteiger partial charge on any atom is -0.378 e. The Bertz CT molecular complexity index is 1550. The molecule has 0 bridgehead atoms. The summed E-state index contributed by atoms with van der Waals surface area (Å²) < 4.78 is 7.20. The average Bonchev–Trinajstić information content (AvgIpc) is 3.31. The van der Waals surface area contributed by atoms with E-state index in [-0.39, 0.29) is 29.4 Å². The molecule has 1 saturated heterocycles. The van der Waals surface area contributed by atoms with Gasteiger partial charge in [0.1, 0.15) is 12.4 Å². The SMILES string of the molecule is Cc1ccccc1C1SCC(=O)N(CC(=O)N2CCOCC2)c2c1c(-c1ccccc1)nn2-c1ccccc1Cl. The molecule has 40 heavy (non-hydrogen) atoms. The molecule has 1 aromatic heterocycles. The highest BCUT2D eigenvalue weighted by atomic mass is 35.5. The quantitative estimate of drug-likeness (QED) is 0.315. The highest BCUT2D eigenvalue weighted by Gasteiger charge is 2.39. The van der Waals surface area contributed by atoms with Crippen LogP contribution in [0.15, 0.2) is 78.9 Å². The van der Waals surface area contributed by atoms with Gasteiger partial charge in [-0.05, 0) is 30.2 Å². The van der Waals surface area contributed by atoms with Gasteiger partial charge in [-0.1, -0.05) is 78.3 Å². The monoisotopic (exact) mass is 572 g/mol. The van der Waals surface area contributed by atoms with Crippen molar-refractivity contribution >= 4 is 41.0 Å². The zero-order valence-electron chi connectivity index (χ0n) is 22.1. The van der Waals surface area contributed by atoms with E-state index in [0.29, 0.717) is 42.8 Å². The van der Waals surface area contributed by atoms with Gasteiger partial charge in [0.05, 0.1) is 40.6 Å². The zero-order valence-corrected chi connectivity index (χ0v) is 23.7. The van der Waals surface area contributed by atoms with Gasteiger partial charge in [0.15, 0.2) is 0 Å². The number of anilines is 1. The fourth-order valence-corrected chi connectivity index (χ4v) is 6.80. The number of thioether (sulfide) groups is 1. The average molecular weight is 573 g/mol. The largest absolute Gasteiger partial charge is 0.378 e. The highest BCUT2D eigenvalue weighted by Crippen LogP contribution is 2.49. The van der Waals surface area contributed by atoms with Crippen molar-refractivity contribution in [2.75, 3.05) is 43.5 Å². The van der Waals surface area contributed by atoms with Gasteiger partial charge in [-0.15, -0.1) is 11.8 Å². The molecule has 2 aliphatic rings. The summed E-state index contributed by atoms with van der Waals surface area (Å²) in [7, 11) is 0. The van der Waals surface area contributed by atoms with Crippen LogP contribution in [0.3, 0.4) is 0 Å². The van der Waals surface area contributed by atoms with Crippen LogP contribution in [0, 0.1) is 6.92 Å².